The summed E-state index contributed by atoms with van der Waals surface area (Å²) in [6, 6.07) is 26.1. The van der Waals surface area contributed by atoms with Crippen LogP contribution >= 0.6 is 0 Å². The van der Waals surface area contributed by atoms with Crippen LogP contribution in [0.3, 0.4) is 0 Å². The van der Waals surface area contributed by atoms with Gasteiger partial charge < -0.3 is 18.9 Å². The Hall–Kier alpha value is -4.31. The number of likely N-dealkylation sites (tertiary alicyclic amines) is 1. The number of para-hydroxylation sites is 1. The van der Waals surface area contributed by atoms with Gasteiger partial charge in [-0.25, -0.2) is 17.9 Å². The second-order valence-corrected chi connectivity index (χ2v) is 12.7. The normalized spacial score (nSPS) is 15.3. The van der Waals surface area contributed by atoms with Crippen molar-refractivity contribution in [2.75, 3.05) is 18.9 Å². The van der Waals surface area contributed by atoms with Crippen LogP contribution in [0.25, 0.3) is 10.9 Å². The van der Waals surface area contributed by atoms with Gasteiger partial charge in [0.05, 0.1) is 12.3 Å². The number of carbonyl (C=O) groups is 2. The highest BCUT2D eigenvalue weighted by molar-refractivity contribution is 7.90. The van der Waals surface area contributed by atoms with Crippen molar-refractivity contribution in [1.82, 2.24) is 14.2 Å². The summed E-state index contributed by atoms with van der Waals surface area (Å²) in [5.41, 5.74) is 2.97. The van der Waals surface area contributed by atoms with Gasteiger partial charge in [0.2, 0.25) is 10.0 Å². The van der Waals surface area contributed by atoms with E-state index in [0.717, 1.165) is 34.9 Å². The highest BCUT2D eigenvalue weighted by Crippen LogP contribution is 2.24. The second-order valence-electron chi connectivity index (χ2n) is 10.8. The smallest absolute Gasteiger partial charge is 0.410 e. The van der Waals surface area contributed by atoms with E-state index in [1.165, 1.54) is 0 Å². The zero-order valence-corrected chi connectivity index (χ0v) is 25.1. The van der Waals surface area contributed by atoms with E-state index in [2.05, 4.69) is 4.72 Å². The number of amides is 2. The Morgan fingerprint density at radius 2 is 1.70 bits per heavy atom. The fourth-order valence-electron chi connectivity index (χ4n) is 5.44. The Balaban J connectivity index is 1.23. The molecule has 0 radical (unpaired) electrons. The molecule has 3 aromatic carbocycles. The fourth-order valence-corrected chi connectivity index (χ4v) is 6.52. The van der Waals surface area contributed by atoms with Crippen LogP contribution in [0.2, 0.25) is 0 Å². The molecular weight excluding hydrogens is 566 g/mol. The molecule has 1 aromatic heterocycles. The van der Waals surface area contributed by atoms with Crippen LogP contribution in [0.15, 0.2) is 84.9 Å². The molecule has 10 heteroatoms. The van der Waals surface area contributed by atoms with Gasteiger partial charge in [-0.15, -0.1) is 0 Å². The number of aryl methyl sites for hydroxylation is 1. The van der Waals surface area contributed by atoms with Gasteiger partial charge >= 0.3 is 6.09 Å². The predicted octanol–water partition coefficient (Wildman–Crippen LogP) is 5.67. The second kappa shape index (κ2) is 13.8. The zero-order chi connectivity index (χ0) is 30.2. The number of sulfonamides is 1. The third-order valence-electron chi connectivity index (χ3n) is 7.65. The molecule has 1 aliphatic heterocycles. The number of carbonyl (C=O) groups excluding carboxylic acids is 2. The first-order chi connectivity index (χ1) is 20.8. The predicted molar refractivity (Wildman–Crippen MR) is 165 cm³/mol. The molecule has 0 saturated carbocycles. The minimum Gasteiger partial charge on any atom is -0.492 e. The van der Waals surface area contributed by atoms with Gasteiger partial charge in [0, 0.05) is 23.5 Å². The number of fused-ring (bicyclic) bond motifs is 1. The van der Waals surface area contributed by atoms with Crippen LogP contribution in [-0.4, -0.2) is 54.8 Å². The maximum atomic E-state index is 13.4. The Morgan fingerprint density at radius 1 is 0.953 bits per heavy atom. The lowest BCUT2D eigenvalue weighted by Crippen LogP contribution is -2.45. The van der Waals surface area contributed by atoms with Crippen molar-refractivity contribution in [3.8, 4) is 5.75 Å². The Bertz CT molecular complexity index is 1650. The van der Waals surface area contributed by atoms with Crippen LogP contribution in [0, 0.1) is 6.92 Å². The van der Waals surface area contributed by atoms with Crippen LogP contribution in [-0.2, 0) is 27.9 Å². The van der Waals surface area contributed by atoms with Gasteiger partial charge in [0.25, 0.3) is 5.91 Å². The summed E-state index contributed by atoms with van der Waals surface area (Å²) in [6.45, 7) is 3.28. The molecule has 2 heterocycles. The van der Waals surface area contributed by atoms with E-state index in [4.69, 9.17) is 9.47 Å². The molecule has 1 N–H and O–H groups in total. The highest BCUT2D eigenvalue weighted by Gasteiger charge is 2.30. The van der Waals surface area contributed by atoms with Crippen molar-refractivity contribution in [2.45, 2.75) is 51.8 Å². The fraction of sp³-hybridized carbons (Fsp3) is 0.333. The maximum absolute atomic E-state index is 13.4. The van der Waals surface area contributed by atoms with Crippen molar-refractivity contribution in [2.24, 2.45) is 0 Å². The average molecular weight is 604 g/mol. The third kappa shape index (κ3) is 7.95. The van der Waals surface area contributed by atoms with Crippen molar-refractivity contribution in [3.05, 3.63) is 102 Å². The highest BCUT2D eigenvalue weighted by atomic mass is 32.2. The number of rotatable bonds is 11. The molecule has 1 fully saturated rings. The molecule has 0 spiro atoms. The summed E-state index contributed by atoms with van der Waals surface area (Å²) < 4.78 is 41.7. The van der Waals surface area contributed by atoms with Gasteiger partial charge in [-0.2, -0.15) is 0 Å². The molecule has 226 valence electrons. The van der Waals surface area contributed by atoms with E-state index in [-0.39, 0.29) is 30.5 Å². The molecule has 5 rings (SSSR count). The quantitative estimate of drug-likeness (QED) is 0.237. The molecular formula is C33H37N3O6S. The molecule has 0 aliphatic carbocycles. The zero-order valence-electron chi connectivity index (χ0n) is 24.3. The molecule has 1 saturated heterocycles. The third-order valence-corrected chi connectivity index (χ3v) is 8.92. The first kappa shape index (κ1) is 30.2. The first-order valence-electron chi connectivity index (χ1n) is 14.6. The van der Waals surface area contributed by atoms with E-state index in [1.54, 1.807) is 15.5 Å². The van der Waals surface area contributed by atoms with E-state index < -0.39 is 22.0 Å². The number of nitrogens with zero attached hydrogens (tertiary/aromatic N) is 2. The minimum absolute atomic E-state index is 0.154. The summed E-state index contributed by atoms with van der Waals surface area (Å²) in [5.74, 6) is -0.275. The lowest BCUT2D eigenvalue weighted by Gasteiger charge is -2.34. The van der Waals surface area contributed by atoms with Gasteiger partial charge in [0.1, 0.15) is 24.7 Å². The molecule has 43 heavy (non-hydrogen) atoms. The molecule has 0 unspecified atom stereocenters. The van der Waals surface area contributed by atoms with E-state index in [1.807, 2.05) is 85.8 Å². The number of aromatic nitrogens is 1. The Morgan fingerprint density at radius 3 is 2.47 bits per heavy atom. The molecule has 2 amide bonds. The number of hydrogen-bond donors (Lipinski definition) is 1. The summed E-state index contributed by atoms with van der Waals surface area (Å²) in [5, 5.41) is 0.833. The summed E-state index contributed by atoms with van der Waals surface area (Å²) in [4.78, 5) is 27.9. The largest absolute Gasteiger partial charge is 0.492 e. The minimum atomic E-state index is -3.98. The molecule has 4 aromatic rings. The van der Waals surface area contributed by atoms with E-state index in [0.29, 0.717) is 31.9 Å². The van der Waals surface area contributed by atoms with Crippen molar-refractivity contribution >= 4 is 32.9 Å². The lowest BCUT2D eigenvalue weighted by atomic mass is 10.0. The lowest BCUT2D eigenvalue weighted by molar-refractivity contribution is 0.0672. The van der Waals surface area contributed by atoms with Gasteiger partial charge in [-0.1, -0.05) is 60.7 Å². The average Bonchev–Trinajstić information content (AvgIpc) is 3.37. The maximum Gasteiger partial charge on any atom is 0.410 e. The SMILES string of the molecule is Cc1ccc2cc(C(=O)NS(=O)(=O)CC[C@H]3CCCCN3C(=O)OCc3ccccc3)n(CCOc3ccccc3)c2c1. The number of hydrogen-bond acceptors (Lipinski definition) is 6. The van der Waals surface area contributed by atoms with Gasteiger partial charge in [-0.05, 0) is 68.0 Å². The van der Waals surface area contributed by atoms with E-state index in [9.17, 15) is 18.0 Å². The topological polar surface area (TPSA) is 107 Å². The van der Waals surface area contributed by atoms with Crippen LogP contribution in [0.4, 0.5) is 4.79 Å². The molecule has 1 atom stereocenters. The van der Waals surface area contributed by atoms with Crippen molar-refractivity contribution < 1.29 is 27.5 Å². The number of nitrogens with one attached hydrogen (secondary N) is 1. The summed E-state index contributed by atoms with van der Waals surface area (Å²) in [7, 11) is -3.98. The first-order valence-corrected chi connectivity index (χ1v) is 16.2. The van der Waals surface area contributed by atoms with Crippen LogP contribution in [0.1, 0.15) is 47.3 Å². The number of piperidine rings is 1. The molecule has 9 nitrogen and oxygen atoms in total. The van der Waals surface area contributed by atoms with Gasteiger partial charge in [-0.3, -0.25) is 4.79 Å². The van der Waals surface area contributed by atoms with Crippen LogP contribution in [0.5, 0.6) is 5.75 Å². The van der Waals surface area contributed by atoms with Crippen LogP contribution < -0.4 is 9.46 Å². The Labute approximate surface area is 252 Å². The Kier molecular flexibility index (Phi) is 9.66. The number of ether oxygens (including phenoxy) is 2. The van der Waals surface area contributed by atoms with Crippen molar-refractivity contribution in [1.29, 1.82) is 0 Å². The number of benzene rings is 3. The summed E-state index contributed by atoms with van der Waals surface area (Å²) >= 11 is 0. The monoisotopic (exact) mass is 603 g/mol. The van der Waals surface area contributed by atoms with Gasteiger partial charge in [0.15, 0.2) is 0 Å². The molecule has 1 aliphatic rings. The summed E-state index contributed by atoms with van der Waals surface area (Å²) in [6.07, 6.45) is 2.16. The molecule has 0 bridgehead atoms. The standard InChI is InChI=1S/C33H37N3O6S/c1-25-15-16-27-23-31(36(30(27)22-25)19-20-41-29-13-6-3-7-14-29)32(37)34-43(39,40)21-17-28-12-8-9-18-35(28)33(38)42-24-26-10-4-2-5-11-26/h2-7,10-11,13-16,22-23,28H,8-9,12,17-21,24H2,1H3,(H,34,37)/t28-/m1/s1. The van der Waals surface area contributed by atoms with E-state index >= 15 is 0 Å². The van der Waals surface area contributed by atoms with Crippen molar-refractivity contribution in [3.63, 3.8) is 0 Å².